The lowest BCUT2D eigenvalue weighted by atomic mass is 10.2. The van der Waals surface area contributed by atoms with Crippen LogP contribution in [0, 0.1) is 6.92 Å². The van der Waals surface area contributed by atoms with Crippen molar-refractivity contribution >= 4 is 17.3 Å². The third kappa shape index (κ3) is 4.45. The summed E-state index contributed by atoms with van der Waals surface area (Å²) >= 11 is 0. The van der Waals surface area contributed by atoms with Crippen molar-refractivity contribution < 1.29 is 0 Å². The molecule has 0 radical (unpaired) electrons. The Labute approximate surface area is 127 Å². The van der Waals surface area contributed by atoms with Crippen LogP contribution in [-0.4, -0.2) is 23.6 Å². The molecule has 0 atom stereocenters. The highest BCUT2D eigenvalue weighted by Gasteiger charge is 2.08. The van der Waals surface area contributed by atoms with E-state index in [1.165, 1.54) is 19.3 Å². The number of anilines is 3. The third-order valence-corrected chi connectivity index (χ3v) is 3.40. The summed E-state index contributed by atoms with van der Waals surface area (Å²) in [7, 11) is 2.03. The molecule has 0 amide bonds. The van der Waals surface area contributed by atoms with Gasteiger partial charge in [0.25, 0.3) is 0 Å². The van der Waals surface area contributed by atoms with E-state index in [1.807, 2.05) is 38.2 Å². The molecule has 0 saturated carbocycles. The van der Waals surface area contributed by atoms with Crippen LogP contribution in [0.25, 0.3) is 0 Å². The topological polar surface area (TPSA) is 41.0 Å². The van der Waals surface area contributed by atoms with E-state index in [4.69, 9.17) is 0 Å². The minimum Gasteiger partial charge on any atom is -0.370 e. The number of hydrogen-bond donors (Lipinski definition) is 1. The first-order chi connectivity index (χ1) is 10.2. The predicted octanol–water partition coefficient (Wildman–Crippen LogP) is 4.16. The van der Waals surface area contributed by atoms with Crippen molar-refractivity contribution in [2.45, 2.75) is 33.1 Å². The van der Waals surface area contributed by atoms with Crippen LogP contribution in [-0.2, 0) is 0 Å². The average molecular weight is 284 g/mol. The van der Waals surface area contributed by atoms with Crippen molar-refractivity contribution in [3.63, 3.8) is 0 Å². The van der Waals surface area contributed by atoms with Crippen molar-refractivity contribution in [2.24, 2.45) is 0 Å². The Hall–Kier alpha value is -2.10. The summed E-state index contributed by atoms with van der Waals surface area (Å²) in [6.45, 7) is 5.10. The summed E-state index contributed by atoms with van der Waals surface area (Å²) in [6.07, 6.45) is 3.64. The molecular formula is C17H24N4. The van der Waals surface area contributed by atoms with E-state index in [0.717, 1.165) is 29.7 Å². The van der Waals surface area contributed by atoms with Gasteiger partial charge in [0, 0.05) is 25.3 Å². The number of unbranched alkanes of at least 4 members (excludes halogenated alkanes) is 2. The molecule has 0 aliphatic rings. The maximum absolute atomic E-state index is 4.53. The van der Waals surface area contributed by atoms with Crippen LogP contribution in [0.3, 0.4) is 0 Å². The second-order valence-corrected chi connectivity index (χ2v) is 5.19. The quantitative estimate of drug-likeness (QED) is 0.775. The van der Waals surface area contributed by atoms with Crippen molar-refractivity contribution in [3.05, 3.63) is 42.2 Å². The highest BCUT2D eigenvalue weighted by molar-refractivity contribution is 5.61. The number of nitrogens with one attached hydrogen (secondary N) is 1. The molecule has 112 valence electrons. The van der Waals surface area contributed by atoms with Crippen LogP contribution in [0.1, 0.15) is 32.0 Å². The van der Waals surface area contributed by atoms with Gasteiger partial charge >= 0.3 is 0 Å². The number of nitrogens with zero attached hydrogens (tertiary/aromatic N) is 3. The van der Waals surface area contributed by atoms with Gasteiger partial charge in [-0.1, -0.05) is 38.0 Å². The molecule has 4 heteroatoms. The van der Waals surface area contributed by atoms with Gasteiger partial charge in [-0.15, -0.1) is 0 Å². The van der Waals surface area contributed by atoms with Crippen LogP contribution in [0.5, 0.6) is 0 Å². The smallest absolute Gasteiger partial charge is 0.138 e. The molecule has 1 aromatic carbocycles. The van der Waals surface area contributed by atoms with Gasteiger partial charge in [-0.2, -0.15) is 0 Å². The van der Waals surface area contributed by atoms with Gasteiger partial charge < -0.3 is 10.2 Å². The van der Waals surface area contributed by atoms with Crippen LogP contribution < -0.4 is 10.2 Å². The molecule has 2 aromatic rings. The Kier molecular flexibility index (Phi) is 5.55. The molecule has 0 unspecified atom stereocenters. The molecular weight excluding hydrogens is 260 g/mol. The van der Waals surface area contributed by atoms with E-state index in [1.54, 1.807) is 0 Å². The molecule has 0 bridgehead atoms. The number of rotatable bonds is 7. The monoisotopic (exact) mass is 284 g/mol. The molecule has 1 aromatic heterocycles. The first-order valence-electron chi connectivity index (χ1n) is 7.59. The molecule has 0 aliphatic heterocycles. The zero-order valence-electron chi connectivity index (χ0n) is 13.1. The van der Waals surface area contributed by atoms with Crippen molar-refractivity contribution in [1.82, 2.24) is 9.97 Å². The first-order valence-corrected chi connectivity index (χ1v) is 7.59. The Morgan fingerprint density at radius 3 is 2.57 bits per heavy atom. The van der Waals surface area contributed by atoms with Gasteiger partial charge in [0.2, 0.25) is 0 Å². The molecule has 4 nitrogen and oxygen atoms in total. The first kappa shape index (κ1) is 15.3. The Bertz CT molecular complexity index is 554. The van der Waals surface area contributed by atoms with Crippen LogP contribution >= 0.6 is 0 Å². The zero-order chi connectivity index (χ0) is 15.1. The van der Waals surface area contributed by atoms with Crippen molar-refractivity contribution in [1.29, 1.82) is 0 Å². The van der Waals surface area contributed by atoms with E-state index in [2.05, 4.69) is 39.2 Å². The predicted molar refractivity (Wildman–Crippen MR) is 89.3 cm³/mol. The molecule has 0 fully saturated rings. The Morgan fingerprint density at radius 1 is 1.10 bits per heavy atom. The molecule has 1 N–H and O–H groups in total. The molecule has 1 heterocycles. The SMILES string of the molecule is CCCCCNc1cc(N(C)c2ccccc2)nc(C)n1. The maximum atomic E-state index is 4.53. The summed E-state index contributed by atoms with van der Waals surface area (Å²) in [5.41, 5.74) is 1.12. The summed E-state index contributed by atoms with van der Waals surface area (Å²) in [6, 6.07) is 12.2. The van der Waals surface area contributed by atoms with E-state index >= 15 is 0 Å². The normalized spacial score (nSPS) is 10.4. The Balaban J connectivity index is 2.11. The van der Waals surface area contributed by atoms with Crippen LogP contribution in [0.2, 0.25) is 0 Å². The molecule has 0 aliphatic carbocycles. The van der Waals surface area contributed by atoms with Crippen molar-refractivity contribution in [3.8, 4) is 0 Å². The molecule has 0 spiro atoms. The van der Waals surface area contributed by atoms with Gasteiger partial charge in [0.15, 0.2) is 0 Å². The summed E-state index contributed by atoms with van der Waals surface area (Å²) < 4.78 is 0. The lowest BCUT2D eigenvalue weighted by molar-refractivity contribution is 0.741. The average Bonchev–Trinajstić information content (AvgIpc) is 2.51. The Morgan fingerprint density at radius 2 is 1.86 bits per heavy atom. The zero-order valence-corrected chi connectivity index (χ0v) is 13.1. The van der Waals surface area contributed by atoms with Gasteiger partial charge in [0.1, 0.15) is 17.5 Å². The molecule has 21 heavy (non-hydrogen) atoms. The summed E-state index contributed by atoms with van der Waals surface area (Å²) in [4.78, 5) is 11.1. The van der Waals surface area contributed by atoms with Crippen LogP contribution in [0.15, 0.2) is 36.4 Å². The molecule has 0 saturated heterocycles. The van der Waals surface area contributed by atoms with Gasteiger partial charge in [-0.25, -0.2) is 9.97 Å². The summed E-state index contributed by atoms with van der Waals surface area (Å²) in [5.74, 6) is 2.59. The number of aryl methyl sites for hydroxylation is 1. The third-order valence-electron chi connectivity index (χ3n) is 3.40. The van der Waals surface area contributed by atoms with E-state index in [-0.39, 0.29) is 0 Å². The fourth-order valence-electron chi connectivity index (χ4n) is 2.19. The summed E-state index contributed by atoms with van der Waals surface area (Å²) in [5, 5.41) is 3.39. The lowest BCUT2D eigenvalue weighted by Gasteiger charge is -2.19. The van der Waals surface area contributed by atoms with E-state index < -0.39 is 0 Å². The van der Waals surface area contributed by atoms with Gasteiger partial charge in [0.05, 0.1) is 0 Å². The molecule has 2 rings (SSSR count). The largest absolute Gasteiger partial charge is 0.370 e. The van der Waals surface area contributed by atoms with E-state index in [0.29, 0.717) is 0 Å². The number of benzene rings is 1. The highest BCUT2D eigenvalue weighted by atomic mass is 15.2. The number of hydrogen-bond acceptors (Lipinski definition) is 4. The van der Waals surface area contributed by atoms with Gasteiger partial charge in [-0.05, 0) is 25.5 Å². The number of aromatic nitrogens is 2. The standard InChI is InChI=1S/C17H24N4/c1-4-5-9-12-18-16-13-17(20-14(2)19-16)21(3)15-10-7-6-8-11-15/h6-8,10-11,13H,4-5,9,12H2,1-3H3,(H,18,19,20). The number of para-hydroxylation sites is 1. The fourth-order valence-corrected chi connectivity index (χ4v) is 2.19. The van der Waals surface area contributed by atoms with Gasteiger partial charge in [-0.3, -0.25) is 0 Å². The second kappa shape index (κ2) is 7.62. The maximum Gasteiger partial charge on any atom is 0.138 e. The van der Waals surface area contributed by atoms with E-state index in [9.17, 15) is 0 Å². The minimum atomic E-state index is 0.785. The second-order valence-electron chi connectivity index (χ2n) is 5.19. The minimum absolute atomic E-state index is 0.785. The lowest BCUT2D eigenvalue weighted by Crippen LogP contribution is -2.13. The van der Waals surface area contributed by atoms with Crippen LogP contribution in [0.4, 0.5) is 17.3 Å². The fraction of sp³-hybridized carbons (Fsp3) is 0.412. The van der Waals surface area contributed by atoms with Crippen molar-refractivity contribution in [2.75, 3.05) is 23.8 Å². The highest BCUT2D eigenvalue weighted by Crippen LogP contribution is 2.23.